The minimum Gasteiger partial charge on any atom is -0.509 e. The van der Waals surface area contributed by atoms with E-state index in [1.807, 2.05) is 6.20 Å². The molecule has 0 saturated carbocycles. The van der Waals surface area contributed by atoms with E-state index in [1.165, 1.54) is 55.3 Å². The van der Waals surface area contributed by atoms with E-state index in [0.29, 0.717) is 11.5 Å². The van der Waals surface area contributed by atoms with Crippen molar-refractivity contribution >= 4 is 66.4 Å². The normalized spacial score (nSPS) is 13.5. The summed E-state index contributed by atoms with van der Waals surface area (Å²) in [5.41, 5.74) is 23.7. The number of anilines is 4. The Hall–Kier alpha value is -10.5. The van der Waals surface area contributed by atoms with E-state index >= 15 is 0 Å². The molecule has 0 fully saturated rings. The number of para-hydroxylation sites is 5. The van der Waals surface area contributed by atoms with Crippen molar-refractivity contribution in [2.75, 3.05) is 9.80 Å². The molecule has 6 nitrogen and oxygen atoms in total. The van der Waals surface area contributed by atoms with Gasteiger partial charge in [0, 0.05) is 83.2 Å². The largest absolute Gasteiger partial charge is 0.509 e. The maximum atomic E-state index is 7.36. The van der Waals surface area contributed by atoms with Crippen molar-refractivity contribution in [3.05, 3.63) is 337 Å². The summed E-state index contributed by atoms with van der Waals surface area (Å²) in [7, 11) is 0. The Morgan fingerprint density at radius 1 is 0.388 bits per heavy atom. The molecule has 2 aliphatic rings. The molecule has 0 bridgehead atoms. The van der Waals surface area contributed by atoms with Gasteiger partial charge in [-0.05, 0) is 137 Å². The third kappa shape index (κ3) is 10.2. The van der Waals surface area contributed by atoms with Crippen LogP contribution in [-0.2, 0) is 42.7 Å². The summed E-state index contributed by atoms with van der Waals surface area (Å²) >= 11 is 0. The number of nitrogens with zero attached hydrogens (tertiary/aromatic N) is 5. The molecule has 12 aromatic carbocycles. The van der Waals surface area contributed by atoms with Crippen molar-refractivity contribution in [2.45, 2.75) is 84.0 Å². The number of hydrogen-bond acceptors (Lipinski definition) is 4. The quantitative estimate of drug-likeness (QED) is 0.128. The third-order valence-corrected chi connectivity index (χ3v) is 20.2. The van der Waals surface area contributed by atoms with Crippen LogP contribution in [0.25, 0.3) is 88.5 Å². The second-order valence-electron chi connectivity index (χ2n) is 29.3. The Balaban J connectivity index is 0.00000751. The average molecular weight is 1450 g/mol. The van der Waals surface area contributed by atoms with E-state index in [-0.39, 0.29) is 37.3 Å². The molecule has 4 heterocycles. The summed E-state index contributed by atoms with van der Waals surface area (Å²) in [5.74, 6) is 1.87. The number of benzene rings is 12. The zero-order chi connectivity index (χ0) is 66.1. The molecule has 3 aromatic heterocycles. The average Bonchev–Trinajstić information content (AvgIpc) is 1.51. The molecule has 17 rings (SSSR count). The number of fused-ring (bicyclic) bond motifs is 10. The molecule has 0 amide bonds. The Morgan fingerprint density at radius 3 is 1.43 bits per heavy atom. The van der Waals surface area contributed by atoms with Crippen LogP contribution in [0.4, 0.5) is 22.7 Å². The Morgan fingerprint density at radius 2 is 0.867 bits per heavy atom. The van der Waals surface area contributed by atoms with Crippen molar-refractivity contribution in [3.8, 4) is 56.4 Å². The van der Waals surface area contributed by atoms with E-state index in [0.717, 1.165) is 94.9 Å². The molecule has 0 spiro atoms. The van der Waals surface area contributed by atoms with E-state index < -0.39 is 5.41 Å². The van der Waals surface area contributed by atoms with Crippen molar-refractivity contribution < 1.29 is 25.8 Å². The summed E-state index contributed by atoms with van der Waals surface area (Å²) in [6.07, 6.45) is 2.01. The molecular weight excluding hydrogens is 1370 g/mol. The minimum atomic E-state index is -0.687. The van der Waals surface area contributed by atoms with Crippen LogP contribution in [0.5, 0.6) is 11.5 Å². The molecule has 1 aliphatic carbocycles. The molecule has 0 saturated heterocycles. The number of rotatable bonds is 10. The molecular formula is C91H74N5OPt-3. The Labute approximate surface area is 589 Å². The van der Waals surface area contributed by atoms with Gasteiger partial charge in [-0.25, -0.2) is 4.98 Å². The predicted molar refractivity (Wildman–Crippen MR) is 403 cm³/mol. The van der Waals surface area contributed by atoms with E-state index in [1.54, 1.807) is 0 Å². The number of aromatic nitrogens is 3. The van der Waals surface area contributed by atoms with Crippen LogP contribution in [-0.4, -0.2) is 14.1 Å². The molecule has 7 heteroatoms. The fraction of sp³-hybridized carbons (Fsp3) is 0.143. The van der Waals surface area contributed by atoms with Crippen LogP contribution < -0.4 is 14.5 Å². The number of hydrogen-bond donors (Lipinski definition) is 0. The predicted octanol–water partition coefficient (Wildman–Crippen LogP) is 23.7. The van der Waals surface area contributed by atoms with Gasteiger partial charge in [0.15, 0.2) is 0 Å². The van der Waals surface area contributed by atoms with Gasteiger partial charge in [0.25, 0.3) is 0 Å². The van der Waals surface area contributed by atoms with E-state index in [2.05, 4.69) is 373 Å². The van der Waals surface area contributed by atoms with Crippen LogP contribution in [0.2, 0.25) is 0 Å². The first kappa shape index (κ1) is 62.3. The summed E-state index contributed by atoms with van der Waals surface area (Å²) in [6.45, 7) is 23.1. The van der Waals surface area contributed by atoms with E-state index in [9.17, 15) is 0 Å². The van der Waals surface area contributed by atoms with Gasteiger partial charge in [-0.2, -0.15) is 6.07 Å². The monoisotopic (exact) mass is 1450 g/mol. The van der Waals surface area contributed by atoms with Crippen LogP contribution in [0.3, 0.4) is 0 Å². The van der Waals surface area contributed by atoms with Gasteiger partial charge in [0.1, 0.15) is 5.82 Å². The van der Waals surface area contributed by atoms with Crippen LogP contribution in [0, 0.1) is 18.8 Å². The van der Waals surface area contributed by atoms with Crippen LogP contribution in [0.1, 0.15) is 101 Å². The topological polar surface area (TPSA) is 38.5 Å². The van der Waals surface area contributed by atoms with Gasteiger partial charge in [0.05, 0.1) is 16.4 Å². The maximum absolute atomic E-state index is 7.36. The summed E-state index contributed by atoms with van der Waals surface area (Å²) in [6, 6.07) is 108. The fourth-order valence-corrected chi connectivity index (χ4v) is 15.3. The molecule has 0 atom stereocenters. The zero-order valence-corrected chi connectivity index (χ0v) is 58.9. The standard InChI is InChI=1S/C91H74N5O.Pt/c1-88(2,3)62-48-63(89(4,5)6)50-65(49-62)91(78-37-21-16-32-70(78)71-33-17-22-38-79(71)91)61-46-47-92-86(53-61)96-82-41-25-20-36-74(82)75-45-44-68(57-85(75)96)97-69-55-66(54-67(56-69)95-80-39-23-18-34-72(80)73-35-19-24-40-81(73)95)93-58-94(84-43-27-26-42-83(84)93)87-76(59-28-12-10-13-29-59)51-64(90(7,8)9)52-77(87)60-30-14-11-15-31-60;/h10-54,56,58H,1-9H3;/q-3;. The Bertz CT molecular complexity index is 5430. The van der Waals surface area contributed by atoms with Gasteiger partial charge in [0.2, 0.25) is 0 Å². The maximum Gasteiger partial charge on any atom is 0.135 e. The second-order valence-corrected chi connectivity index (χ2v) is 29.3. The van der Waals surface area contributed by atoms with Crippen molar-refractivity contribution in [3.63, 3.8) is 0 Å². The van der Waals surface area contributed by atoms with Gasteiger partial charge in [-0.15, -0.1) is 42.4 Å². The second kappa shape index (κ2) is 23.6. The van der Waals surface area contributed by atoms with Gasteiger partial charge >= 0.3 is 0 Å². The van der Waals surface area contributed by atoms with Gasteiger partial charge < -0.3 is 23.7 Å². The first-order valence-corrected chi connectivity index (χ1v) is 33.8. The zero-order valence-electron chi connectivity index (χ0n) is 56.6. The van der Waals surface area contributed by atoms with Crippen molar-refractivity contribution in [2.24, 2.45) is 0 Å². The molecule has 0 N–H and O–H groups in total. The Kier molecular flexibility index (Phi) is 15.0. The minimum absolute atomic E-state index is 0. The molecule has 15 aromatic rings. The molecule has 0 unspecified atom stereocenters. The molecule has 482 valence electrons. The summed E-state index contributed by atoms with van der Waals surface area (Å²) in [5, 5.41) is 4.48. The molecule has 98 heavy (non-hydrogen) atoms. The van der Waals surface area contributed by atoms with Crippen LogP contribution in [0.15, 0.2) is 279 Å². The van der Waals surface area contributed by atoms with Crippen molar-refractivity contribution in [1.82, 2.24) is 14.1 Å². The number of ether oxygens (including phenoxy) is 1. The van der Waals surface area contributed by atoms with E-state index in [4.69, 9.17) is 9.72 Å². The molecule has 0 radical (unpaired) electrons. The van der Waals surface area contributed by atoms with Gasteiger partial charge in [-0.3, -0.25) is 0 Å². The number of pyridine rings is 1. The summed E-state index contributed by atoms with van der Waals surface area (Å²) < 4.78 is 12.0. The van der Waals surface area contributed by atoms with Crippen LogP contribution >= 0.6 is 0 Å². The smallest absolute Gasteiger partial charge is 0.135 e. The molecule has 1 aliphatic heterocycles. The first-order valence-electron chi connectivity index (χ1n) is 33.8. The van der Waals surface area contributed by atoms with Crippen molar-refractivity contribution in [1.29, 1.82) is 0 Å². The SMILES string of the molecule is CC(C)(C)c1cc(C(C)(C)C)cc(C2(c3ccnc(-n4c5[c-]c(Oc6[c-]c(N7[CH-]N(c8c(-c9ccccc9)cc(C(C)(C)C)cc8-c8ccccc8)c8ccccc87)cc(-n7c8ccccc8c8ccccc87)c6)ccc5c5ccccc54)c3)c3ccccc3-c3ccccc32)c1.[Pt]. The fourth-order valence-electron chi connectivity index (χ4n) is 15.3. The summed E-state index contributed by atoms with van der Waals surface area (Å²) in [4.78, 5) is 10.0. The third-order valence-electron chi connectivity index (χ3n) is 20.2. The first-order chi connectivity index (χ1) is 47.0. The van der Waals surface area contributed by atoms with Gasteiger partial charge in [-0.1, -0.05) is 273 Å².